The Balaban J connectivity index is 2.16. The molecule has 22 heavy (non-hydrogen) atoms. The van der Waals surface area contributed by atoms with E-state index in [1.807, 2.05) is 4.98 Å². The van der Waals surface area contributed by atoms with Gasteiger partial charge in [-0.2, -0.15) is 13.2 Å². The van der Waals surface area contributed by atoms with Crippen LogP contribution in [0.4, 0.5) is 13.2 Å². The Morgan fingerprint density at radius 2 is 1.86 bits per heavy atom. The molecular formula is C13H14F3N3O3. The maximum Gasteiger partial charge on any atom is 0.421 e. The van der Waals surface area contributed by atoms with E-state index in [2.05, 4.69) is 0 Å². The molecule has 0 bridgehead atoms. The molecule has 0 unspecified atom stereocenters. The Morgan fingerprint density at radius 3 is 2.41 bits per heavy atom. The summed E-state index contributed by atoms with van der Waals surface area (Å²) in [4.78, 5) is 39.8. The molecule has 1 aromatic rings. The van der Waals surface area contributed by atoms with E-state index in [4.69, 9.17) is 0 Å². The second-order valence-electron chi connectivity index (χ2n) is 4.83. The Labute approximate surface area is 123 Å². The van der Waals surface area contributed by atoms with Gasteiger partial charge < -0.3 is 14.8 Å². The first-order valence-electron chi connectivity index (χ1n) is 6.61. The van der Waals surface area contributed by atoms with Gasteiger partial charge in [-0.3, -0.25) is 14.4 Å². The largest absolute Gasteiger partial charge is 0.421 e. The molecular weight excluding hydrogens is 303 g/mol. The van der Waals surface area contributed by atoms with E-state index in [0.717, 1.165) is 6.07 Å². The van der Waals surface area contributed by atoms with E-state index in [1.165, 1.54) is 9.80 Å². The van der Waals surface area contributed by atoms with E-state index < -0.39 is 23.2 Å². The van der Waals surface area contributed by atoms with Crippen LogP contribution in [-0.2, 0) is 11.0 Å². The molecule has 0 spiro atoms. The summed E-state index contributed by atoms with van der Waals surface area (Å²) in [6.45, 7) is 2.39. The highest BCUT2D eigenvalue weighted by Gasteiger charge is 2.34. The molecule has 1 aromatic heterocycles. The fourth-order valence-corrected chi connectivity index (χ4v) is 2.17. The molecule has 1 fully saturated rings. The second kappa shape index (κ2) is 5.82. The Bertz CT molecular complexity index is 654. The van der Waals surface area contributed by atoms with E-state index in [9.17, 15) is 27.6 Å². The second-order valence-corrected chi connectivity index (χ2v) is 4.83. The van der Waals surface area contributed by atoms with Crippen LogP contribution in [0.15, 0.2) is 16.9 Å². The van der Waals surface area contributed by atoms with Crippen molar-refractivity contribution >= 4 is 11.8 Å². The number of alkyl halides is 3. The van der Waals surface area contributed by atoms with Crippen LogP contribution in [0.1, 0.15) is 29.4 Å². The topological polar surface area (TPSA) is 73.5 Å². The minimum atomic E-state index is -4.77. The average Bonchev–Trinajstić information content (AvgIpc) is 2.93. The lowest BCUT2D eigenvalue weighted by Gasteiger charge is -2.18. The van der Waals surface area contributed by atoms with Gasteiger partial charge >= 0.3 is 6.18 Å². The van der Waals surface area contributed by atoms with Gasteiger partial charge in [-0.25, -0.2) is 0 Å². The number of rotatable bonds is 2. The zero-order valence-electron chi connectivity index (χ0n) is 11.7. The number of nitrogens with one attached hydrogen (secondary N) is 1. The SMILES string of the molecule is CCC(=O)N1CCN(C(=O)c2ccc(C(F)(F)F)c(=O)[nH]2)C1. The van der Waals surface area contributed by atoms with Crippen LogP contribution >= 0.6 is 0 Å². The molecule has 0 atom stereocenters. The van der Waals surface area contributed by atoms with Gasteiger partial charge in [-0.05, 0) is 12.1 Å². The third-order valence-electron chi connectivity index (χ3n) is 3.37. The van der Waals surface area contributed by atoms with Crippen LogP contribution < -0.4 is 5.56 Å². The molecule has 0 radical (unpaired) electrons. The van der Waals surface area contributed by atoms with Gasteiger partial charge in [0.2, 0.25) is 5.91 Å². The molecule has 0 aromatic carbocycles. The van der Waals surface area contributed by atoms with Gasteiger partial charge in [0.1, 0.15) is 11.3 Å². The molecule has 0 aliphatic carbocycles. The summed E-state index contributed by atoms with van der Waals surface area (Å²) >= 11 is 0. The number of carbonyl (C=O) groups is 2. The minimum absolute atomic E-state index is 0.0640. The molecule has 2 rings (SSSR count). The Kier molecular flexibility index (Phi) is 4.25. The molecule has 0 saturated carbocycles. The van der Waals surface area contributed by atoms with Crippen molar-refractivity contribution in [2.75, 3.05) is 19.8 Å². The standard InChI is InChI=1S/C13H14F3N3O3/c1-2-10(20)18-5-6-19(7-18)12(22)9-4-3-8(11(21)17-9)13(14,15)16/h3-4H,2,5-7H2,1H3,(H,17,21). The van der Waals surface area contributed by atoms with Crippen molar-refractivity contribution in [3.8, 4) is 0 Å². The third-order valence-corrected chi connectivity index (χ3v) is 3.37. The van der Waals surface area contributed by atoms with Crippen molar-refractivity contribution in [2.45, 2.75) is 19.5 Å². The molecule has 2 heterocycles. The number of amides is 2. The fourth-order valence-electron chi connectivity index (χ4n) is 2.17. The number of aromatic amines is 1. The minimum Gasteiger partial charge on any atom is -0.323 e. The maximum absolute atomic E-state index is 12.5. The molecule has 120 valence electrons. The van der Waals surface area contributed by atoms with Gasteiger partial charge in [0, 0.05) is 19.5 Å². The molecule has 1 aliphatic heterocycles. The molecule has 1 N–H and O–H groups in total. The average molecular weight is 317 g/mol. The van der Waals surface area contributed by atoms with Crippen LogP contribution in [-0.4, -0.2) is 46.4 Å². The Hall–Kier alpha value is -2.32. The zero-order chi connectivity index (χ0) is 16.5. The summed E-state index contributed by atoms with van der Waals surface area (Å²) in [5.41, 5.74) is -2.95. The number of pyridine rings is 1. The first kappa shape index (κ1) is 16.1. The molecule has 1 aliphatic rings. The highest BCUT2D eigenvalue weighted by Crippen LogP contribution is 2.26. The zero-order valence-corrected chi connectivity index (χ0v) is 11.7. The van der Waals surface area contributed by atoms with Crippen molar-refractivity contribution in [3.05, 3.63) is 33.7 Å². The van der Waals surface area contributed by atoms with Crippen LogP contribution in [0.25, 0.3) is 0 Å². The summed E-state index contributed by atoms with van der Waals surface area (Å²) in [6, 6.07) is 1.51. The highest BCUT2D eigenvalue weighted by molar-refractivity contribution is 5.92. The quantitative estimate of drug-likeness (QED) is 0.886. The summed E-state index contributed by atoms with van der Waals surface area (Å²) in [5.74, 6) is -0.728. The van der Waals surface area contributed by atoms with E-state index >= 15 is 0 Å². The summed E-state index contributed by atoms with van der Waals surface area (Å²) in [5, 5.41) is 0. The molecule has 9 heteroatoms. The third kappa shape index (κ3) is 3.12. The predicted octanol–water partition coefficient (Wildman–Crippen LogP) is 1.05. The molecule has 2 amide bonds. The van der Waals surface area contributed by atoms with Gasteiger partial charge in [-0.1, -0.05) is 6.92 Å². The summed E-state index contributed by atoms with van der Waals surface area (Å²) in [7, 11) is 0. The van der Waals surface area contributed by atoms with Gasteiger partial charge in [0.25, 0.3) is 11.5 Å². The Morgan fingerprint density at radius 1 is 1.23 bits per heavy atom. The van der Waals surface area contributed by atoms with Crippen molar-refractivity contribution in [1.82, 2.24) is 14.8 Å². The lowest BCUT2D eigenvalue weighted by atomic mass is 10.2. The van der Waals surface area contributed by atoms with Gasteiger partial charge in [-0.15, -0.1) is 0 Å². The number of aromatic nitrogens is 1. The van der Waals surface area contributed by atoms with Crippen LogP contribution in [0.3, 0.4) is 0 Å². The summed E-state index contributed by atoms with van der Waals surface area (Å²) in [6.07, 6.45) is -4.47. The number of hydrogen-bond donors (Lipinski definition) is 1. The number of halogens is 3. The molecule has 1 saturated heterocycles. The predicted molar refractivity (Wildman–Crippen MR) is 70.0 cm³/mol. The summed E-state index contributed by atoms with van der Waals surface area (Å²) < 4.78 is 37.5. The van der Waals surface area contributed by atoms with E-state index in [-0.39, 0.29) is 24.8 Å². The number of hydrogen-bond acceptors (Lipinski definition) is 3. The molecule has 6 nitrogen and oxygen atoms in total. The van der Waals surface area contributed by atoms with Gasteiger partial charge in [0.05, 0.1) is 6.67 Å². The lowest BCUT2D eigenvalue weighted by molar-refractivity contribution is -0.138. The smallest absolute Gasteiger partial charge is 0.323 e. The first-order chi connectivity index (χ1) is 10.2. The van der Waals surface area contributed by atoms with Crippen molar-refractivity contribution < 1.29 is 22.8 Å². The van der Waals surface area contributed by atoms with Crippen LogP contribution in [0.2, 0.25) is 0 Å². The normalized spacial score (nSPS) is 15.3. The monoisotopic (exact) mass is 317 g/mol. The van der Waals surface area contributed by atoms with E-state index in [0.29, 0.717) is 19.0 Å². The van der Waals surface area contributed by atoms with Gasteiger partial charge in [0.15, 0.2) is 0 Å². The first-order valence-corrected chi connectivity index (χ1v) is 6.61. The van der Waals surface area contributed by atoms with Crippen molar-refractivity contribution in [3.63, 3.8) is 0 Å². The fraction of sp³-hybridized carbons (Fsp3) is 0.462. The number of nitrogens with zero attached hydrogens (tertiary/aromatic N) is 2. The maximum atomic E-state index is 12.5. The number of H-pyrrole nitrogens is 1. The lowest BCUT2D eigenvalue weighted by Crippen LogP contribution is -2.35. The van der Waals surface area contributed by atoms with E-state index in [1.54, 1.807) is 6.92 Å². The highest BCUT2D eigenvalue weighted by atomic mass is 19.4. The number of carbonyl (C=O) groups excluding carboxylic acids is 2. The van der Waals surface area contributed by atoms with Crippen LogP contribution in [0.5, 0.6) is 0 Å². The van der Waals surface area contributed by atoms with Crippen LogP contribution in [0, 0.1) is 0 Å². The van der Waals surface area contributed by atoms with Crippen molar-refractivity contribution in [1.29, 1.82) is 0 Å². The van der Waals surface area contributed by atoms with Crippen molar-refractivity contribution in [2.24, 2.45) is 0 Å².